The highest BCUT2D eigenvalue weighted by Gasteiger charge is 2.35. The number of hydrogen-bond acceptors (Lipinski definition) is 3. The van der Waals surface area contributed by atoms with Gasteiger partial charge < -0.3 is 15.3 Å². The number of likely N-dealkylation sites (tertiary alicyclic amines) is 1. The number of amides is 2. The predicted octanol–water partition coefficient (Wildman–Crippen LogP) is 2.69. The number of carbonyl (C=O) groups excluding carboxylic acids is 2. The fourth-order valence-electron chi connectivity index (χ4n) is 4.23. The van der Waals surface area contributed by atoms with Crippen LogP contribution in [0.1, 0.15) is 55.3 Å². The highest BCUT2D eigenvalue weighted by atomic mass is 16.4. The van der Waals surface area contributed by atoms with Crippen molar-refractivity contribution in [3.63, 3.8) is 0 Å². The molecule has 1 saturated carbocycles. The van der Waals surface area contributed by atoms with Gasteiger partial charge in [0.1, 0.15) is 0 Å². The molecule has 2 N–H and O–H groups in total. The van der Waals surface area contributed by atoms with Gasteiger partial charge in [0.25, 0.3) is 5.91 Å². The SMILES string of the molecule is O=C(NCC1CCCCN1C(=O)C1CCC(C(=O)O)CC1)c1ccccc1. The van der Waals surface area contributed by atoms with Crippen LogP contribution >= 0.6 is 0 Å². The number of benzene rings is 1. The lowest BCUT2D eigenvalue weighted by molar-refractivity contribution is -0.146. The summed E-state index contributed by atoms with van der Waals surface area (Å²) in [5.74, 6) is -1.12. The minimum absolute atomic E-state index is 0.0242. The number of hydrogen-bond donors (Lipinski definition) is 2. The van der Waals surface area contributed by atoms with Crippen molar-refractivity contribution in [1.82, 2.24) is 10.2 Å². The first-order valence-corrected chi connectivity index (χ1v) is 9.93. The van der Waals surface area contributed by atoms with Crippen molar-refractivity contribution in [1.29, 1.82) is 0 Å². The molecule has 2 fully saturated rings. The molecule has 0 radical (unpaired) electrons. The Hall–Kier alpha value is -2.37. The van der Waals surface area contributed by atoms with Gasteiger partial charge >= 0.3 is 5.97 Å². The highest BCUT2D eigenvalue weighted by Crippen LogP contribution is 2.31. The maximum absolute atomic E-state index is 13.0. The molecular weight excluding hydrogens is 344 g/mol. The third-order valence-corrected chi connectivity index (χ3v) is 5.87. The summed E-state index contributed by atoms with van der Waals surface area (Å²) in [4.78, 5) is 38.4. The number of piperidine rings is 1. The van der Waals surface area contributed by atoms with Crippen LogP contribution in [0, 0.1) is 11.8 Å². The van der Waals surface area contributed by atoms with Crippen LogP contribution in [0.4, 0.5) is 0 Å². The second-order valence-electron chi connectivity index (χ2n) is 7.64. The van der Waals surface area contributed by atoms with Gasteiger partial charge in [-0.05, 0) is 57.1 Å². The Labute approximate surface area is 159 Å². The van der Waals surface area contributed by atoms with E-state index in [0.29, 0.717) is 37.8 Å². The molecule has 1 atom stereocenters. The number of carboxylic acid groups (broad SMARTS) is 1. The van der Waals surface area contributed by atoms with E-state index in [2.05, 4.69) is 5.32 Å². The largest absolute Gasteiger partial charge is 0.481 e. The molecule has 0 aromatic heterocycles. The lowest BCUT2D eigenvalue weighted by atomic mass is 9.81. The van der Waals surface area contributed by atoms with E-state index in [1.807, 2.05) is 23.1 Å². The van der Waals surface area contributed by atoms with Crippen molar-refractivity contribution in [2.24, 2.45) is 11.8 Å². The molecule has 1 saturated heterocycles. The van der Waals surface area contributed by atoms with E-state index in [9.17, 15) is 14.4 Å². The molecule has 2 amide bonds. The van der Waals surface area contributed by atoms with Gasteiger partial charge in [-0.15, -0.1) is 0 Å². The molecule has 27 heavy (non-hydrogen) atoms. The average Bonchev–Trinajstić information content (AvgIpc) is 2.72. The van der Waals surface area contributed by atoms with Crippen molar-refractivity contribution in [3.8, 4) is 0 Å². The Morgan fingerprint density at radius 2 is 1.63 bits per heavy atom. The Balaban J connectivity index is 1.56. The first kappa shape index (κ1) is 19.4. The molecule has 1 aromatic carbocycles. The first-order valence-electron chi connectivity index (χ1n) is 9.93. The van der Waals surface area contributed by atoms with Gasteiger partial charge in [-0.3, -0.25) is 14.4 Å². The summed E-state index contributed by atoms with van der Waals surface area (Å²) >= 11 is 0. The molecule has 2 aliphatic rings. The Bertz CT molecular complexity index is 668. The molecule has 3 rings (SSSR count). The number of aliphatic carboxylic acids is 1. The van der Waals surface area contributed by atoms with Gasteiger partial charge in [0.05, 0.1) is 5.92 Å². The quantitative estimate of drug-likeness (QED) is 0.832. The van der Waals surface area contributed by atoms with E-state index < -0.39 is 5.97 Å². The molecule has 1 aromatic rings. The van der Waals surface area contributed by atoms with E-state index >= 15 is 0 Å². The van der Waals surface area contributed by atoms with Crippen LogP contribution in [0.3, 0.4) is 0 Å². The molecule has 6 nitrogen and oxygen atoms in total. The van der Waals surface area contributed by atoms with Crippen LogP contribution in [0.2, 0.25) is 0 Å². The number of carbonyl (C=O) groups is 3. The van der Waals surface area contributed by atoms with E-state index in [-0.39, 0.29) is 29.7 Å². The third-order valence-electron chi connectivity index (χ3n) is 5.87. The van der Waals surface area contributed by atoms with Crippen LogP contribution < -0.4 is 5.32 Å². The van der Waals surface area contributed by atoms with Crippen molar-refractivity contribution in [2.45, 2.75) is 51.0 Å². The van der Waals surface area contributed by atoms with Gasteiger partial charge in [0.2, 0.25) is 5.91 Å². The standard InChI is InChI=1S/C21H28N2O4/c24-19(15-6-2-1-3-7-15)22-14-18-8-4-5-13-23(18)20(25)16-9-11-17(12-10-16)21(26)27/h1-3,6-7,16-18H,4-5,8-14H2,(H,22,24)(H,26,27). The first-order chi connectivity index (χ1) is 13.1. The molecule has 1 aliphatic carbocycles. The fraction of sp³-hybridized carbons (Fsp3) is 0.571. The Morgan fingerprint density at radius 1 is 0.963 bits per heavy atom. The monoisotopic (exact) mass is 372 g/mol. The third kappa shape index (κ3) is 4.87. The van der Waals surface area contributed by atoms with Crippen molar-refractivity contribution < 1.29 is 19.5 Å². The molecule has 6 heteroatoms. The summed E-state index contributed by atoms with van der Waals surface area (Å²) in [7, 11) is 0. The summed E-state index contributed by atoms with van der Waals surface area (Å²) in [5.41, 5.74) is 0.623. The van der Waals surface area contributed by atoms with Gasteiger partial charge in [-0.2, -0.15) is 0 Å². The topological polar surface area (TPSA) is 86.7 Å². The lowest BCUT2D eigenvalue weighted by Gasteiger charge is -2.39. The zero-order valence-corrected chi connectivity index (χ0v) is 15.6. The van der Waals surface area contributed by atoms with Gasteiger partial charge in [-0.25, -0.2) is 0 Å². The fourth-order valence-corrected chi connectivity index (χ4v) is 4.23. The van der Waals surface area contributed by atoms with Crippen molar-refractivity contribution in [2.75, 3.05) is 13.1 Å². The van der Waals surface area contributed by atoms with Crippen LogP contribution in [-0.4, -0.2) is 46.9 Å². The zero-order chi connectivity index (χ0) is 19.2. The van der Waals surface area contributed by atoms with Crippen LogP contribution in [0.25, 0.3) is 0 Å². The molecule has 1 heterocycles. The average molecular weight is 372 g/mol. The second kappa shape index (κ2) is 9.02. The molecule has 0 bridgehead atoms. The summed E-state index contributed by atoms with van der Waals surface area (Å²) in [6.07, 6.45) is 5.39. The van der Waals surface area contributed by atoms with Crippen molar-refractivity contribution >= 4 is 17.8 Å². The van der Waals surface area contributed by atoms with E-state index in [4.69, 9.17) is 5.11 Å². The Kier molecular flexibility index (Phi) is 6.48. The normalized spacial score (nSPS) is 25.6. The number of rotatable bonds is 5. The lowest BCUT2D eigenvalue weighted by Crippen LogP contribution is -2.51. The summed E-state index contributed by atoms with van der Waals surface area (Å²) in [6, 6.07) is 9.12. The smallest absolute Gasteiger partial charge is 0.306 e. The molecule has 1 aliphatic heterocycles. The van der Waals surface area contributed by atoms with E-state index in [1.54, 1.807) is 12.1 Å². The molecule has 0 spiro atoms. The van der Waals surface area contributed by atoms with Crippen molar-refractivity contribution in [3.05, 3.63) is 35.9 Å². The summed E-state index contributed by atoms with van der Waals surface area (Å²) in [6.45, 7) is 1.19. The minimum Gasteiger partial charge on any atom is -0.481 e. The highest BCUT2D eigenvalue weighted by molar-refractivity contribution is 5.94. The predicted molar refractivity (Wildman–Crippen MR) is 101 cm³/mol. The zero-order valence-electron chi connectivity index (χ0n) is 15.6. The van der Waals surface area contributed by atoms with E-state index in [1.165, 1.54) is 0 Å². The summed E-state index contributed by atoms with van der Waals surface area (Å²) < 4.78 is 0. The van der Waals surface area contributed by atoms with Gasteiger partial charge in [-0.1, -0.05) is 18.2 Å². The van der Waals surface area contributed by atoms with Gasteiger partial charge in [0.15, 0.2) is 0 Å². The maximum Gasteiger partial charge on any atom is 0.306 e. The van der Waals surface area contributed by atoms with Crippen LogP contribution in [-0.2, 0) is 9.59 Å². The number of nitrogens with one attached hydrogen (secondary N) is 1. The summed E-state index contributed by atoms with van der Waals surface area (Å²) in [5, 5.41) is 12.1. The minimum atomic E-state index is -0.750. The second-order valence-corrected chi connectivity index (χ2v) is 7.64. The Morgan fingerprint density at radius 3 is 2.30 bits per heavy atom. The molecule has 146 valence electrons. The van der Waals surface area contributed by atoms with Gasteiger partial charge in [0, 0.05) is 30.6 Å². The van der Waals surface area contributed by atoms with Crippen LogP contribution in [0.5, 0.6) is 0 Å². The molecular formula is C21H28N2O4. The number of carboxylic acids is 1. The van der Waals surface area contributed by atoms with Crippen LogP contribution in [0.15, 0.2) is 30.3 Å². The molecule has 1 unspecified atom stereocenters. The maximum atomic E-state index is 13.0. The van der Waals surface area contributed by atoms with E-state index in [0.717, 1.165) is 25.8 Å². The number of nitrogens with zero attached hydrogens (tertiary/aromatic N) is 1.